The van der Waals surface area contributed by atoms with Crippen molar-refractivity contribution in [3.63, 3.8) is 0 Å². The van der Waals surface area contributed by atoms with Gasteiger partial charge in [-0.3, -0.25) is 24.1 Å². The predicted octanol–water partition coefficient (Wildman–Crippen LogP) is 1.20. The zero-order valence-corrected chi connectivity index (χ0v) is 12.4. The summed E-state index contributed by atoms with van der Waals surface area (Å²) in [5, 5.41) is 0. The number of nitrogens with zero attached hydrogens (tertiary/aromatic N) is 1. The van der Waals surface area contributed by atoms with Crippen molar-refractivity contribution in [3.05, 3.63) is 35.9 Å². The molecule has 1 fully saturated rings. The molecule has 22 heavy (non-hydrogen) atoms. The molecule has 1 aliphatic heterocycles. The summed E-state index contributed by atoms with van der Waals surface area (Å²) in [6, 6.07) is 7.46. The van der Waals surface area contributed by atoms with Gasteiger partial charge in [-0.05, 0) is 6.92 Å². The number of rotatable bonds is 5. The molecule has 0 unspecified atom stereocenters. The van der Waals surface area contributed by atoms with Gasteiger partial charge in [-0.15, -0.1) is 0 Å². The maximum atomic E-state index is 12.5. The highest BCUT2D eigenvalue weighted by atomic mass is 16.5. The van der Waals surface area contributed by atoms with Crippen molar-refractivity contribution in [1.82, 2.24) is 4.90 Å². The van der Waals surface area contributed by atoms with Gasteiger partial charge in [0.2, 0.25) is 11.8 Å². The van der Waals surface area contributed by atoms with Gasteiger partial charge in [-0.25, -0.2) is 0 Å². The first kappa shape index (κ1) is 15.9. The monoisotopic (exact) mass is 303 g/mol. The number of esters is 1. The SMILES string of the molecule is CCOC(=O)C[C@@H]1C(=O)N(C(C)=O)[C@@H]1C(=O)c1ccccc1. The fourth-order valence-corrected chi connectivity index (χ4v) is 2.57. The zero-order chi connectivity index (χ0) is 16.3. The molecule has 6 heteroatoms. The van der Waals surface area contributed by atoms with Crippen molar-refractivity contribution in [2.24, 2.45) is 5.92 Å². The van der Waals surface area contributed by atoms with Crippen LogP contribution in [0.4, 0.5) is 0 Å². The number of hydrogen-bond acceptors (Lipinski definition) is 5. The van der Waals surface area contributed by atoms with Crippen LogP contribution in [-0.4, -0.2) is 41.1 Å². The van der Waals surface area contributed by atoms with E-state index in [1.54, 1.807) is 37.3 Å². The highest BCUT2D eigenvalue weighted by molar-refractivity contribution is 6.14. The number of amides is 2. The predicted molar refractivity (Wildman–Crippen MR) is 76.8 cm³/mol. The van der Waals surface area contributed by atoms with Crippen molar-refractivity contribution in [2.75, 3.05) is 6.61 Å². The Morgan fingerprint density at radius 1 is 1.18 bits per heavy atom. The molecular formula is C16H17NO5. The number of benzene rings is 1. The summed E-state index contributed by atoms with van der Waals surface area (Å²) in [7, 11) is 0. The number of Topliss-reactive ketones (excluding diaryl/α,β-unsaturated/α-hetero) is 1. The largest absolute Gasteiger partial charge is 0.466 e. The van der Waals surface area contributed by atoms with Crippen LogP contribution in [0.3, 0.4) is 0 Å². The second-order valence-electron chi connectivity index (χ2n) is 5.02. The molecule has 0 aromatic heterocycles. The van der Waals surface area contributed by atoms with Crippen molar-refractivity contribution in [3.8, 4) is 0 Å². The van der Waals surface area contributed by atoms with Crippen LogP contribution >= 0.6 is 0 Å². The molecule has 0 N–H and O–H groups in total. The van der Waals surface area contributed by atoms with E-state index in [9.17, 15) is 19.2 Å². The zero-order valence-electron chi connectivity index (χ0n) is 12.4. The molecule has 0 saturated carbocycles. The number of carbonyl (C=O) groups is 4. The number of hydrogen-bond donors (Lipinski definition) is 0. The molecule has 0 spiro atoms. The average molecular weight is 303 g/mol. The van der Waals surface area contributed by atoms with Gasteiger partial charge >= 0.3 is 5.97 Å². The summed E-state index contributed by atoms with van der Waals surface area (Å²) in [5.41, 5.74) is 0.403. The fourth-order valence-electron chi connectivity index (χ4n) is 2.57. The van der Waals surface area contributed by atoms with Crippen LogP contribution in [0.15, 0.2) is 30.3 Å². The van der Waals surface area contributed by atoms with Crippen molar-refractivity contribution < 1.29 is 23.9 Å². The molecule has 1 aliphatic rings. The first-order valence-electron chi connectivity index (χ1n) is 7.05. The second kappa shape index (κ2) is 6.51. The summed E-state index contributed by atoms with van der Waals surface area (Å²) in [4.78, 5) is 48.6. The Kier molecular flexibility index (Phi) is 4.70. The van der Waals surface area contributed by atoms with Gasteiger partial charge in [0.25, 0.3) is 0 Å². The summed E-state index contributed by atoms with van der Waals surface area (Å²) in [5.74, 6) is -2.73. The van der Waals surface area contributed by atoms with Crippen molar-refractivity contribution >= 4 is 23.6 Å². The van der Waals surface area contributed by atoms with E-state index in [1.807, 2.05) is 0 Å². The maximum Gasteiger partial charge on any atom is 0.306 e. The van der Waals surface area contributed by atoms with Crippen LogP contribution in [-0.2, 0) is 19.1 Å². The Hall–Kier alpha value is -2.50. The van der Waals surface area contributed by atoms with Crippen LogP contribution in [0.1, 0.15) is 30.6 Å². The molecule has 2 amide bonds. The summed E-state index contributed by atoms with van der Waals surface area (Å²) in [6.07, 6.45) is -0.195. The topological polar surface area (TPSA) is 80.8 Å². The van der Waals surface area contributed by atoms with Crippen LogP contribution in [0.2, 0.25) is 0 Å². The molecule has 2 rings (SSSR count). The second-order valence-corrected chi connectivity index (χ2v) is 5.02. The molecule has 0 aliphatic carbocycles. The molecule has 1 aromatic rings. The first-order chi connectivity index (χ1) is 10.5. The van der Waals surface area contributed by atoms with Crippen molar-refractivity contribution in [1.29, 1.82) is 0 Å². The van der Waals surface area contributed by atoms with Crippen LogP contribution in [0, 0.1) is 5.92 Å². The standard InChI is InChI=1S/C16H17NO5/c1-3-22-13(19)9-12-14(17(10(2)18)16(12)21)15(20)11-7-5-4-6-8-11/h4-8,12,14H,3,9H2,1-2H3/t12-,14-/m0/s1. The van der Waals surface area contributed by atoms with E-state index in [0.717, 1.165) is 4.90 Å². The third kappa shape index (κ3) is 2.90. The van der Waals surface area contributed by atoms with Gasteiger partial charge in [0.1, 0.15) is 6.04 Å². The number of likely N-dealkylation sites (tertiary alicyclic amines) is 1. The third-order valence-corrected chi connectivity index (χ3v) is 3.57. The summed E-state index contributed by atoms with van der Waals surface area (Å²) in [6.45, 7) is 3.09. The Labute approximate surface area is 128 Å². The number of ketones is 1. The molecule has 116 valence electrons. The maximum absolute atomic E-state index is 12.5. The van der Waals surface area contributed by atoms with E-state index in [4.69, 9.17) is 4.74 Å². The normalized spacial score (nSPS) is 20.3. The van der Waals surface area contributed by atoms with E-state index >= 15 is 0 Å². The minimum Gasteiger partial charge on any atom is -0.466 e. The summed E-state index contributed by atoms with van der Waals surface area (Å²) >= 11 is 0. The van der Waals surface area contributed by atoms with Gasteiger partial charge in [0, 0.05) is 12.5 Å². The fraction of sp³-hybridized carbons (Fsp3) is 0.375. The Morgan fingerprint density at radius 2 is 1.82 bits per heavy atom. The van der Waals surface area contributed by atoms with Gasteiger partial charge in [0.15, 0.2) is 5.78 Å². The quantitative estimate of drug-likeness (QED) is 0.464. The number of β-lactam (4-membered cyclic amide) rings is 1. The van der Waals surface area contributed by atoms with E-state index in [0.29, 0.717) is 5.56 Å². The van der Waals surface area contributed by atoms with Gasteiger partial charge in [-0.1, -0.05) is 30.3 Å². The Balaban J connectivity index is 2.22. The molecule has 2 atom stereocenters. The van der Waals surface area contributed by atoms with Gasteiger partial charge < -0.3 is 4.74 Å². The summed E-state index contributed by atoms with van der Waals surface area (Å²) < 4.78 is 4.82. The molecule has 1 heterocycles. The third-order valence-electron chi connectivity index (χ3n) is 3.57. The highest BCUT2D eigenvalue weighted by Crippen LogP contribution is 2.32. The minimum absolute atomic E-state index is 0.195. The van der Waals surface area contributed by atoms with Crippen LogP contribution < -0.4 is 0 Å². The molecule has 6 nitrogen and oxygen atoms in total. The van der Waals surface area contributed by atoms with E-state index < -0.39 is 29.7 Å². The smallest absolute Gasteiger partial charge is 0.306 e. The lowest BCUT2D eigenvalue weighted by atomic mass is 9.80. The lowest BCUT2D eigenvalue weighted by Gasteiger charge is -2.43. The average Bonchev–Trinajstić information content (AvgIpc) is 2.50. The van der Waals surface area contributed by atoms with Crippen LogP contribution in [0.25, 0.3) is 0 Å². The molecule has 0 radical (unpaired) electrons. The Morgan fingerprint density at radius 3 is 2.36 bits per heavy atom. The van der Waals surface area contributed by atoms with E-state index in [2.05, 4.69) is 0 Å². The van der Waals surface area contributed by atoms with Gasteiger partial charge in [0.05, 0.1) is 18.9 Å². The minimum atomic E-state index is -0.934. The molecular weight excluding hydrogens is 286 g/mol. The van der Waals surface area contributed by atoms with Crippen molar-refractivity contribution in [2.45, 2.75) is 26.3 Å². The number of carbonyl (C=O) groups excluding carboxylic acids is 4. The first-order valence-corrected chi connectivity index (χ1v) is 7.05. The highest BCUT2D eigenvalue weighted by Gasteiger charge is 2.54. The lowest BCUT2D eigenvalue weighted by molar-refractivity contribution is -0.167. The molecule has 1 aromatic carbocycles. The number of imide groups is 1. The molecule has 1 saturated heterocycles. The van der Waals surface area contributed by atoms with E-state index in [-0.39, 0.29) is 18.8 Å². The number of ether oxygens (including phenoxy) is 1. The lowest BCUT2D eigenvalue weighted by Crippen LogP contribution is -2.66. The Bertz CT molecular complexity index is 610. The molecule has 0 bridgehead atoms. The van der Waals surface area contributed by atoms with E-state index in [1.165, 1.54) is 6.92 Å². The van der Waals surface area contributed by atoms with Gasteiger partial charge in [-0.2, -0.15) is 0 Å². The van der Waals surface area contributed by atoms with Crippen LogP contribution in [0.5, 0.6) is 0 Å².